The molecule has 2 aromatic rings. The summed E-state index contributed by atoms with van der Waals surface area (Å²) in [5, 5.41) is 11.4. The van der Waals surface area contributed by atoms with Crippen molar-refractivity contribution in [1.29, 1.82) is 0 Å². The van der Waals surface area contributed by atoms with Gasteiger partial charge in [0.2, 0.25) is 5.89 Å². The van der Waals surface area contributed by atoms with Crippen LogP contribution in [0.25, 0.3) is 0 Å². The fourth-order valence-electron chi connectivity index (χ4n) is 1.34. The lowest BCUT2D eigenvalue weighted by Crippen LogP contribution is -1.93. The maximum atomic E-state index is 6.01. The summed E-state index contributed by atoms with van der Waals surface area (Å²) in [6.45, 7) is 1.92. The molecule has 0 fully saturated rings. The van der Waals surface area contributed by atoms with Crippen LogP contribution >= 0.6 is 23.2 Å². The predicted molar refractivity (Wildman–Crippen MR) is 68.2 cm³/mol. The maximum Gasteiger partial charge on any atom is 0.320 e. The van der Waals surface area contributed by atoms with Crippen LogP contribution in [0.4, 0.5) is 11.7 Å². The highest BCUT2D eigenvalue weighted by Crippen LogP contribution is 2.25. The van der Waals surface area contributed by atoms with Crippen molar-refractivity contribution in [3.8, 4) is 0 Å². The third-order valence-electron chi connectivity index (χ3n) is 2.28. The van der Waals surface area contributed by atoms with E-state index in [1.165, 1.54) is 0 Å². The molecule has 1 N–H and O–H groups in total. The van der Waals surface area contributed by atoms with Crippen molar-refractivity contribution >= 4 is 34.9 Å². The van der Waals surface area contributed by atoms with Gasteiger partial charge in [-0.15, -0.1) is 16.7 Å². The van der Waals surface area contributed by atoms with Crippen LogP contribution in [-0.2, 0) is 6.42 Å². The van der Waals surface area contributed by atoms with E-state index in [1.54, 1.807) is 0 Å². The molecule has 0 saturated heterocycles. The van der Waals surface area contributed by atoms with Gasteiger partial charge in [-0.2, -0.15) is 0 Å². The lowest BCUT2D eigenvalue weighted by Gasteiger charge is -2.06. The van der Waals surface area contributed by atoms with Crippen molar-refractivity contribution in [3.05, 3.63) is 34.7 Å². The first-order valence-electron chi connectivity index (χ1n) is 5.11. The minimum atomic E-state index is 0.343. The summed E-state index contributed by atoms with van der Waals surface area (Å²) in [5.41, 5.74) is 1.78. The molecule has 0 atom stereocenters. The zero-order valence-corrected chi connectivity index (χ0v) is 10.7. The summed E-state index contributed by atoms with van der Waals surface area (Å²) < 4.78 is 5.36. The van der Waals surface area contributed by atoms with E-state index in [0.29, 0.717) is 29.2 Å². The molecule has 0 amide bonds. The zero-order chi connectivity index (χ0) is 12.3. The second kappa shape index (κ2) is 5.38. The van der Waals surface area contributed by atoms with Crippen LogP contribution in [0.1, 0.15) is 11.5 Å². The number of aromatic nitrogens is 2. The van der Waals surface area contributed by atoms with Gasteiger partial charge in [0, 0.05) is 23.0 Å². The Morgan fingerprint density at radius 2 is 2.18 bits per heavy atom. The van der Waals surface area contributed by atoms with Gasteiger partial charge in [0.05, 0.1) is 0 Å². The highest BCUT2D eigenvalue weighted by Gasteiger charge is 2.08. The van der Waals surface area contributed by atoms with Gasteiger partial charge in [0.15, 0.2) is 0 Å². The van der Waals surface area contributed by atoms with E-state index in [2.05, 4.69) is 15.5 Å². The van der Waals surface area contributed by atoms with E-state index in [4.69, 9.17) is 27.6 Å². The Morgan fingerprint density at radius 3 is 2.94 bits per heavy atom. The van der Waals surface area contributed by atoms with Gasteiger partial charge in [-0.05, 0) is 24.6 Å². The Kier molecular flexibility index (Phi) is 3.86. The molecule has 0 spiro atoms. The lowest BCUT2D eigenvalue weighted by atomic mass is 10.2. The molecule has 4 nitrogen and oxygen atoms in total. The molecule has 0 unspecified atom stereocenters. The minimum Gasteiger partial charge on any atom is -0.408 e. The summed E-state index contributed by atoms with van der Waals surface area (Å²) >= 11 is 11.6. The Balaban J connectivity index is 2.16. The average molecular weight is 272 g/mol. The largest absolute Gasteiger partial charge is 0.408 e. The monoisotopic (exact) mass is 271 g/mol. The second-order valence-corrected chi connectivity index (χ2v) is 4.26. The fourth-order valence-corrected chi connectivity index (χ4v) is 1.68. The predicted octanol–water partition coefficient (Wildman–Crippen LogP) is 3.56. The number of hydrogen-bond acceptors (Lipinski definition) is 4. The van der Waals surface area contributed by atoms with Crippen LogP contribution in [0, 0.1) is 6.92 Å². The highest BCUT2D eigenvalue weighted by molar-refractivity contribution is 6.31. The molecule has 90 valence electrons. The van der Waals surface area contributed by atoms with Gasteiger partial charge in [-0.3, -0.25) is 0 Å². The molecule has 6 heteroatoms. The van der Waals surface area contributed by atoms with Gasteiger partial charge < -0.3 is 9.73 Å². The van der Waals surface area contributed by atoms with Crippen LogP contribution in [0.2, 0.25) is 5.02 Å². The average Bonchev–Trinajstić information content (AvgIpc) is 2.73. The smallest absolute Gasteiger partial charge is 0.320 e. The summed E-state index contributed by atoms with van der Waals surface area (Å²) in [7, 11) is 0. The summed E-state index contributed by atoms with van der Waals surface area (Å²) in [6, 6.07) is 5.92. The minimum absolute atomic E-state index is 0.343. The van der Waals surface area contributed by atoms with Gasteiger partial charge in [0.25, 0.3) is 0 Å². The first-order valence-corrected chi connectivity index (χ1v) is 6.02. The molecular formula is C11H11Cl2N3O. The molecule has 1 aromatic carbocycles. The van der Waals surface area contributed by atoms with Crippen molar-refractivity contribution in [2.24, 2.45) is 0 Å². The quantitative estimate of drug-likeness (QED) is 0.864. The van der Waals surface area contributed by atoms with Crippen LogP contribution in [0.15, 0.2) is 22.6 Å². The number of hydrogen-bond donors (Lipinski definition) is 1. The molecule has 1 aromatic heterocycles. The van der Waals surface area contributed by atoms with Crippen LogP contribution in [0.5, 0.6) is 0 Å². The number of halogens is 2. The Bertz CT molecular complexity index is 513. The van der Waals surface area contributed by atoms with Gasteiger partial charge in [-0.25, -0.2) is 0 Å². The van der Waals surface area contributed by atoms with E-state index in [-0.39, 0.29) is 0 Å². The molecule has 2 rings (SSSR count). The topological polar surface area (TPSA) is 51.0 Å². The number of nitrogens with one attached hydrogen (secondary N) is 1. The van der Waals surface area contributed by atoms with E-state index < -0.39 is 0 Å². The standard InChI is InChI=1S/C11H11Cl2N3O/c1-7-8(13)3-2-4-9(7)14-11-16-15-10(17-11)5-6-12/h2-4H,5-6H2,1H3,(H,14,16). The summed E-state index contributed by atoms with van der Waals surface area (Å²) in [4.78, 5) is 0. The molecule has 0 radical (unpaired) electrons. The summed E-state index contributed by atoms with van der Waals surface area (Å²) in [6.07, 6.45) is 0.560. The third kappa shape index (κ3) is 2.90. The number of rotatable bonds is 4. The molecule has 0 bridgehead atoms. The number of aryl methyl sites for hydroxylation is 1. The number of alkyl halides is 1. The van der Waals surface area contributed by atoms with E-state index in [0.717, 1.165) is 11.3 Å². The molecule has 0 aliphatic heterocycles. The fraction of sp³-hybridized carbons (Fsp3) is 0.273. The Morgan fingerprint density at radius 1 is 1.35 bits per heavy atom. The molecular weight excluding hydrogens is 261 g/mol. The number of benzene rings is 1. The van der Waals surface area contributed by atoms with Crippen molar-refractivity contribution in [2.75, 3.05) is 11.2 Å². The Labute approximate surface area is 109 Å². The van der Waals surface area contributed by atoms with Crippen LogP contribution in [0.3, 0.4) is 0 Å². The van der Waals surface area contributed by atoms with E-state index in [1.807, 2.05) is 25.1 Å². The number of anilines is 2. The van der Waals surface area contributed by atoms with Gasteiger partial charge >= 0.3 is 6.01 Å². The summed E-state index contributed by atoms with van der Waals surface area (Å²) in [5.74, 6) is 0.972. The van der Waals surface area contributed by atoms with Crippen molar-refractivity contribution in [2.45, 2.75) is 13.3 Å². The normalized spacial score (nSPS) is 10.5. The SMILES string of the molecule is Cc1c(Cl)cccc1Nc1nnc(CCCl)o1. The van der Waals surface area contributed by atoms with Crippen molar-refractivity contribution in [1.82, 2.24) is 10.2 Å². The zero-order valence-electron chi connectivity index (χ0n) is 9.20. The molecule has 0 aliphatic rings. The highest BCUT2D eigenvalue weighted by atomic mass is 35.5. The van der Waals surface area contributed by atoms with Crippen LogP contribution in [-0.4, -0.2) is 16.1 Å². The lowest BCUT2D eigenvalue weighted by molar-refractivity contribution is 0.516. The van der Waals surface area contributed by atoms with Crippen LogP contribution < -0.4 is 5.32 Å². The molecule has 17 heavy (non-hydrogen) atoms. The Hall–Kier alpha value is -1.26. The van der Waals surface area contributed by atoms with E-state index >= 15 is 0 Å². The first kappa shape index (κ1) is 12.2. The van der Waals surface area contributed by atoms with Crippen molar-refractivity contribution < 1.29 is 4.42 Å². The van der Waals surface area contributed by atoms with Gasteiger partial charge in [-0.1, -0.05) is 22.8 Å². The molecule has 1 heterocycles. The van der Waals surface area contributed by atoms with Crippen molar-refractivity contribution in [3.63, 3.8) is 0 Å². The number of nitrogens with zero attached hydrogens (tertiary/aromatic N) is 2. The van der Waals surface area contributed by atoms with Gasteiger partial charge in [0.1, 0.15) is 0 Å². The first-order chi connectivity index (χ1) is 8.20. The van der Waals surface area contributed by atoms with E-state index in [9.17, 15) is 0 Å². The maximum absolute atomic E-state index is 6.01. The second-order valence-electron chi connectivity index (χ2n) is 3.48. The third-order valence-corrected chi connectivity index (χ3v) is 2.88. The molecule has 0 saturated carbocycles. The molecule has 0 aliphatic carbocycles.